The molecule has 2 N–H and O–H groups in total. The van der Waals surface area contributed by atoms with Crippen LogP contribution in [0.1, 0.15) is 45.4 Å². The van der Waals surface area contributed by atoms with Gasteiger partial charge in [0.1, 0.15) is 12.0 Å². The van der Waals surface area contributed by atoms with Gasteiger partial charge in [-0.25, -0.2) is 0 Å². The molecule has 0 aromatic rings. The molecular weight excluding hydrogens is 140 g/mol. The standard InChI is InChI=1S/C9H18O2/c1-2-3-4-5-6-7-9(11)8-10/h8,10-11H,2-7H2,1H3. The van der Waals surface area contributed by atoms with Gasteiger partial charge in [0, 0.05) is 6.42 Å². The Labute approximate surface area is 68.6 Å². The van der Waals surface area contributed by atoms with E-state index in [1.807, 2.05) is 0 Å². The summed E-state index contributed by atoms with van der Waals surface area (Å²) in [5, 5.41) is 17.2. The van der Waals surface area contributed by atoms with Gasteiger partial charge in [0.25, 0.3) is 0 Å². The van der Waals surface area contributed by atoms with Gasteiger partial charge in [0.05, 0.1) is 0 Å². The van der Waals surface area contributed by atoms with E-state index >= 15 is 0 Å². The molecule has 0 heterocycles. The van der Waals surface area contributed by atoms with Crippen LogP contribution in [0.4, 0.5) is 0 Å². The third-order valence-electron chi connectivity index (χ3n) is 1.69. The first-order valence-corrected chi connectivity index (χ1v) is 4.33. The summed E-state index contributed by atoms with van der Waals surface area (Å²) in [4.78, 5) is 0. The highest BCUT2D eigenvalue weighted by Crippen LogP contribution is 2.08. The molecule has 0 aromatic carbocycles. The van der Waals surface area contributed by atoms with Crippen LogP contribution in [0.2, 0.25) is 0 Å². The van der Waals surface area contributed by atoms with Crippen LogP contribution in [0.15, 0.2) is 12.0 Å². The largest absolute Gasteiger partial charge is 0.512 e. The zero-order valence-corrected chi connectivity index (χ0v) is 7.21. The summed E-state index contributed by atoms with van der Waals surface area (Å²) in [6.45, 7) is 2.17. The van der Waals surface area contributed by atoms with Gasteiger partial charge in [-0.05, 0) is 6.42 Å². The second-order valence-electron chi connectivity index (χ2n) is 2.78. The van der Waals surface area contributed by atoms with Crippen LogP contribution in [-0.2, 0) is 0 Å². The van der Waals surface area contributed by atoms with Gasteiger partial charge < -0.3 is 10.2 Å². The number of unbranched alkanes of at least 4 members (excludes halogenated alkanes) is 4. The lowest BCUT2D eigenvalue weighted by Crippen LogP contribution is -1.82. The number of rotatable bonds is 6. The van der Waals surface area contributed by atoms with Crippen LogP contribution in [-0.4, -0.2) is 10.2 Å². The van der Waals surface area contributed by atoms with Gasteiger partial charge in [-0.1, -0.05) is 32.6 Å². The van der Waals surface area contributed by atoms with Crippen molar-refractivity contribution in [3.8, 4) is 0 Å². The molecule has 0 saturated carbocycles. The molecule has 0 aliphatic heterocycles. The molecule has 2 heteroatoms. The monoisotopic (exact) mass is 158 g/mol. The first-order valence-electron chi connectivity index (χ1n) is 4.33. The highest BCUT2D eigenvalue weighted by Gasteiger charge is 1.92. The van der Waals surface area contributed by atoms with Crippen molar-refractivity contribution >= 4 is 0 Å². The molecule has 0 rings (SSSR count). The molecule has 0 aliphatic rings. The molecule has 0 fully saturated rings. The van der Waals surface area contributed by atoms with E-state index in [1.54, 1.807) is 0 Å². The maximum atomic E-state index is 8.83. The lowest BCUT2D eigenvalue weighted by molar-refractivity contribution is 0.338. The molecule has 11 heavy (non-hydrogen) atoms. The van der Waals surface area contributed by atoms with E-state index in [0.717, 1.165) is 19.1 Å². The second kappa shape index (κ2) is 7.45. The molecule has 0 aromatic heterocycles. The van der Waals surface area contributed by atoms with Gasteiger partial charge in [0.2, 0.25) is 0 Å². The van der Waals surface area contributed by atoms with Gasteiger partial charge in [-0.15, -0.1) is 0 Å². The van der Waals surface area contributed by atoms with E-state index in [4.69, 9.17) is 10.2 Å². The quantitative estimate of drug-likeness (QED) is 0.460. The maximum absolute atomic E-state index is 8.83. The molecule has 0 atom stereocenters. The smallest absolute Gasteiger partial charge is 0.126 e. The van der Waals surface area contributed by atoms with E-state index in [1.165, 1.54) is 19.3 Å². The third kappa shape index (κ3) is 7.23. The summed E-state index contributed by atoms with van der Waals surface area (Å²) < 4.78 is 0. The number of aliphatic hydroxyl groups excluding tert-OH is 2. The van der Waals surface area contributed by atoms with E-state index in [0.29, 0.717) is 6.42 Å². The number of hydrogen-bond donors (Lipinski definition) is 2. The molecule has 0 saturated heterocycles. The molecule has 0 aliphatic carbocycles. The van der Waals surface area contributed by atoms with Crippen molar-refractivity contribution in [1.29, 1.82) is 0 Å². The Balaban J connectivity index is 3.02. The Kier molecular flexibility index (Phi) is 7.00. The van der Waals surface area contributed by atoms with Gasteiger partial charge in [-0.2, -0.15) is 0 Å². The second-order valence-corrected chi connectivity index (χ2v) is 2.78. The molecular formula is C9H18O2. The molecule has 0 amide bonds. The predicted octanol–water partition coefficient (Wildman–Crippen LogP) is 3.30. The number of hydrogen-bond acceptors (Lipinski definition) is 2. The SMILES string of the molecule is CCCCCCCC(O)=CO. The predicted molar refractivity (Wildman–Crippen MR) is 46.7 cm³/mol. The summed E-state index contributed by atoms with van der Waals surface area (Å²) >= 11 is 0. The first kappa shape index (κ1) is 10.3. The van der Waals surface area contributed by atoms with Crippen molar-refractivity contribution < 1.29 is 10.2 Å². The van der Waals surface area contributed by atoms with E-state index < -0.39 is 0 Å². The van der Waals surface area contributed by atoms with Gasteiger partial charge >= 0.3 is 0 Å². The van der Waals surface area contributed by atoms with Crippen molar-refractivity contribution in [2.45, 2.75) is 45.4 Å². The molecule has 2 nitrogen and oxygen atoms in total. The van der Waals surface area contributed by atoms with Gasteiger partial charge in [-0.3, -0.25) is 0 Å². The fourth-order valence-electron chi connectivity index (χ4n) is 0.974. The molecule has 0 bridgehead atoms. The summed E-state index contributed by atoms with van der Waals surface area (Å²) in [7, 11) is 0. The first-order chi connectivity index (χ1) is 5.31. The third-order valence-corrected chi connectivity index (χ3v) is 1.69. The Hall–Kier alpha value is -0.660. The molecule has 0 spiro atoms. The summed E-state index contributed by atoms with van der Waals surface area (Å²) in [6.07, 6.45) is 7.25. The normalized spacial score (nSPS) is 11.9. The van der Waals surface area contributed by atoms with Crippen LogP contribution in [0.25, 0.3) is 0 Å². The fraction of sp³-hybridized carbons (Fsp3) is 0.778. The van der Waals surface area contributed by atoms with Crippen molar-refractivity contribution in [1.82, 2.24) is 0 Å². The maximum Gasteiger partial charge on any atom is 0.126 e. The fourth-order valence-corrected chi connectivity index (χ4v) is 0.974. The number of aliphatic hydroxyl groups is 2. The average Bonchev–Trinajstić information content (AvgIpc) is 2.04. The molecule has 0 radical (unpaired) electrons. The highest BCUT2D eigenvalue weighted by molar-refractivity contribution is 4.82. The van der Waals surface area contributed by atoms with Crippen LogP contribution < -0.4 is 0 Å². The topological polar surface area (TPSA) is 40.5 Å². The van der Waals surface area contributed by atoms with Crippen LogP contribution in [0, 0.1) is 0 Å². The molecule has 66 valence electrons. The number of allylic oxidation sites excluding steroid dienone is 1. The molecule has 0 unspecified atom stereocenters. The van der Waals surface area contributed by atoms with Crippen molar-refractivity contribution in [3.63, 3.8) is 0 Å². The summed E-state index contributed by atoms with van der Waals surface area (Å²) in [6, 6.07) is 0. The Morgan fingerprint density at radius 1 is 1.18 bits per heavy atom. The van der Waals surface area contributed by atoms with Crippen LogP contribution in [0.5, 0.6) is 0 Å². The lowest BCUT2D eigenvalue weighted by Gasteiger charge is -1.98. The van der Waals surface area contributed by atoms with Crippen molar-refractivity contribution in [2.75, 3.05) is 0 Å². The summed E-state index contributed by atoms with van der Waals surface area (Å²) in [5.41, 5.74) is 0. The van der Waals surface area contributed by atoms with Crippen molar-refractivity contribution in [3.05, 3.63) is 12.0 Å². The Morgan fingerprint density at radius 3 is 2.36 bits per heavy atom. The van der Waals surface area contributed by atoms with Crippen LogP contribution in [0.3, 0.4) is 0 Å². The average molecular weight is 158 g/mol. The minimum Gasteiger partial charge on any atom is -0.512 e. The summed E-state index contributed by atoms with van der Waals surface area (Å²) in [5.74, 6) is 0.0986. The highest BCUT2D eigenvalue weighted by atomic mass is 16.3. The minimum atomic E-state index is 0.0986. The minimum absolute atomic E-state index is 0.0986. The lowest BCUT2D eigenvalue weighted by atomic mass is 10.1. The Morgan fingerprint density at radius 2 is 1.82 bits per heavy atom. The van der Waals surface area contributed by atoms with Gasteiger partial charge in [0.15, 0.2) is 0 Å². The van der Waals surface area contributed by atoms with Crippen molar-refractivity contribution in [2.24, 2.45) is 0 Å². The van der Waals surface area contributed by atoms with Crippen LogP contribution >= 0.6 is 0 Å². The zero-order chi connectivity index (χ0) is 8.53. The van der Waals surface area contributed by atoms with E-state index in [-0.39, 0.29) is 5.76 Å². The van der Waals surface area contributed by atoms with E-state index in [9.17, 15) is 0 Å². The zero-order valence-electron chi connectivity index (χ0n) is 7.21. The van der Waals surface area contributed by atoms with E-state index in [2.05, 4.69) is 6.92 Å². The Bertz CT molecular complexity index is 108.